The standard InChI is InChI=1S/C22H23N3O4/c1-29-19-8-4-3-7-16(19)17-10-9-15(13-23-17)18(26)14-25-20(27)22(24-21(25)28)11-5-2-6-12-22/h3-4,7-10,13H,2,5-6,11-12,14H2,1H3,(H,24,28). The number of rotatable bonds is 5. The van der Waals surface area contributed by atoms with Crippen LogP contribution in [0.3, 0.4) is 0 Å². The topological polar surface area (TPSA) is 88.6 Å². The van der Waals surface area contributed by atoms with E-state index in [1.165, 1.54) is 6.20 Å². The van der Waals surface area contributed by atoms with Crippen molar-refractivity contribution in [2.24, 2.45) is 0 Å². The van der Waals surface area contributed by atoms with E-state index in [1.54, 1.807) is 19.2 Å². The molecule has 0 radical (unpaired) electrons. The van der Waals surface area contributed by atoms with E-state index in [0.717, 1.165) is 29.7 Å². The van der Waals surface area contributed by atoms with Gasteiger partial charge in [-0.2, -0.15) is 0 Å². The highest BCUT2D eigenvalue weighted by molar-refractivity contribution is 6.11. The minimum absolute atomic E-state index is 0.276. The third-order valence-electron chi connectivity index (χ3n) is 5.72. The normalized spacial score (nSPS) is 18.0. The Labute approximate surface area is 169 Å². The van der Waals surface area contributed by atoms with Gasteiger partial charge in [-0.1, -0.05) is 31.4 Å². The summed E-state index contributed by atoms with van der Waals surface area (Å²) in [5, 5.41) is 2.82. The maximum Gasteiger partial charge on any atom is 0.325 e. The van der Waals surface area contributed by atoms with Crippen molar-refractivity contribution in [1.29, 1.82) is 0 Å². The van der Waals surface area contributed by atoms with Gasteiger partial charge >= 0.3 is 6.03 Å². The number of methoxy groups -OCH3 is 1. The van der Waals surface area contributed by atoms with E-state index in [9.17, 15) is 14.4 Å². The highest BCUT2D eigenvalue weighted by Crippen LogP contribution is 2.34. The van der Waals surface area contributed by atoms with Crippen molar-refractivity contribution >= 4 is 17.7 Å². The zero-order chi connectivity index (χ0) is 20.4. The lowest BCUT2D eigenvalue weighted by Gasteiger charge is -2.30. The number of urea groups is 1. The van der Waals surface area contributed by atoms with E-state index >= 15 is 0 Å². The number of pyridine rings is 1. The van der Waals surface area contributed by atoms with Crippen molar-refractivity contribution in [2.75, 3.05) is 13.7 Å². The third kappa shape index (κ3) is 3.48. The molecule has 0 atom stereocenters. The largest absolute Gasteiger partial charge is 0.496 e. The van der Waals surface area contributed by atoms with Crippen molar-refractivity contribution < 1.29 is 19.1 Å². The van der Waals surface area contributed by atoms with Crippen molar-refractivity contribution in [2.45, 2.75) is 37.6 Å². The van der Waals surface area contributed by atoms with Crippen molar-refractivity contribution in [3.63, 3.8) is 0 Å². The second-order valence-corrected chi connectivity index (χ2v) is 7.52. The molecule has 2 heterocycles. The molecule has 1 aliphatic heterocycles. The van der Waals surface area contributed by atoms with Gasteiger partial charge in [0.05, 0.1) is 19.3 Å². The van der Waals surface area contributed by atoms with E-state index in [4.69, 9.17) is 4.74 Å². The number of carbonyl (C=O) groups is 3. The lowest BCUT2D eigenvalue weighted by molar-refractivity contribution is -0.132. The zero-order valence-corrected chi connectivity index (χ0v) is 16.3. The van der Waals surface area contributed by atoms with E-state index in [1.807, 2.05) is 24.3 Å². The smallest absolute Gasteiger partial charge is 0.325 e. The molecule has 1 spiro atoms. The number of amides is 3. The first kappa shape index (κ1) is 19.1. The van der Waals surface area contributed by atoms with Crippen LogP contribution >= 0.6 is 0 Å². The number of hydrogen-bond donors (Lipinski definition) is 1. The van der Waals surface area contributed by atoms with Gasteiger partial charge in [0.25, 0.3) is 5.91 Å². The Morgan fingerprint density at radius 1 is 1.14 bits per heavy atom. The molecule has 1 saturated carbocycles. The first-order valence-corrected chi connectivity index (χ1v) is 9.81. The summed E-state index contributed by atoms with van der Waals surface area (Å²) in [7, 11) is 1.59. The SMILES string of the molecule is COc1ccccc1-c1ccc(C(=O)CN2C(=O)NC3(CCCCC3)C2=O)cn1. The number of ketones is 1. The first-order valence-electron chi connectivity index (χ1n) is 9.81. The Bertz CT molecular complexity index is 949. The summed E-state index contributed by atoms with van der Waals surface area (Å²) >= 11 is 0. The van der Waals surface area contributed by atoms with Crippen LogP contribution in [0.4, 0.5) is 4.79 Å². The maximum atomic E-state index is 12.8. The molecule has 2 fully saturated rings. The van der Waals surface area contributed by atoms with E-state index in [2.05, 4.69) is 10.3 Å². The van der Waals surface area contributed by atoms with Gasteiger partial charge in [-0.25, -0.2) is 4.79 Å². The van der Waals surface area contributed by atoms with Crippen LogP contribution in [0.2, 0.25) is 0 Å². The molecule has 29 heavy (non-hydrogen) atoms. The molecule has 1 saturated heterocycles. The van der Waals surface area contributed by atoms with Gasteiger partial charge < -0.3 is 10.1 Å². The summed E-state index contributed by atoms with van der Waals surface area (Å²) in [6, 6.07) is 10.4. The third-order valence-corrected chi connectivity index (χ3v) is 5.72. The number of benzene rings is 1. The van der Waals surface area contributed by atoms with Crippen LogP contribution in [0.1, 0.15) is 42.5 Å². The van der Waals surface area contributed by atoms with Gasteiger partial charge in [0.15, 0.2) is 5.78 Å². The fourth-order valence-electron chi connectivity index (χ4n) is 4.12. The summed E-state index contributed by atoms with van der Waals surface area (Å²) in [5.41, 5.74) is 1.04. The molecule has 2 aromatic rings. The van der Waals surface area contributed by atoms with Crippen LogP contribution in [-0.4, -0.2) is 46.8 Å². The lowest BCUT2D eigenvalue weighted by atomic mass is 9.82. The number of ether oxygens (including phenoxy) is 1. The van der Waals surface area contributed by atoms with Crippen LogP contribution in [0, 0.1) is 0 Å². The Kier molecular flexibility index (Phi) is 5.05. The maximum absolute atomic E-state index is 12.8. The Morgan fingerprint density at radius 2 is 1.90 bits per heavy atom. The number of Topliss-reactive ketones (excluding diaryl/α,β-unsaturated/α-hetero) is 1. The van der Waals surface area contributed by atoms with Crippen LogP contribution in [0.15, 0.2) is 42.6 Å². The summed E-state index contributed by atoms with van der Waals surface area (Å²) < 4.78 is 5.35. The van der Waals surface area contributed by atoms with E-state index < -0.39 is 11.6 Å². The molecule has 1 aromatic heterocycles. The second kappa shape index (κ2) is 7.66. The molecular formula is C22H23N3O4. The summed E-state index contributed by atoms with van der Waals surface area (Å²) in [5.74, 6) is 0.0887. The number of nitrogens with one attached hydrogen (secondary N) is 1. The van der Waals surface area contributed by atoms with Gasteiger partial charge in [0, 0.05) is 17.3 Å². The highest BCUT2D eigenvalue weighted by Gasteiger charge is 2.51. The number of carbonyl (C=O) groups excluding carboxylic acids is 3. The fourth-order valence-corrected chi connectivity index (χ4v) is 4.12. The van der Waals surface area contributed by atoms with Gasteiger partial charge in [-0.15, -0.1) is 0 Å². The molecule has 7 heteroatoms. The Balaban J connectivity index is 1.49. The molecule has 1 N–H and O–H groups in total. The average molecular weight is 393 g/mol. The Hall–Kier alpha value is -3.22. The number of hydrogen-bond acceptors (Lipinski definition) is 5. The minimum Gasteiger partial charge on any atom is -0.496 e. The van der Waals surface area contributed by atoms with Crippen molar-refractivity contribution in [3.8, 4) is 17.0 Å². The molecular weight excluding hydrogens is 370 g/mol. The number of para-hydroxylation sites is 1. The fraction of sp³-hybridized carbons (Fsp3) is 0.364. The summed E-state index contributed by atoms with van der Waals surface area (Å²) in [6.45, 7) is -0.276. The molecule has 1 aromatic carbocycles. The van der Waals surface area contributed by atoms with E-state index in [-0.39, 0.29) is 18.2 Å². The highest BCUT2D eigenvalue weighted by atomic mass is 16.5. The van der Waals surface area contributed by atoms with E-state index in [0.29, 0.717) is 29.8 Å². The molecule has 0 bridgehead atoms. The first-order chi connectivity index (χ1) is 14.0. The quantitative estimate of drug-likeness (QED) is 0.623. The average Bonchev–Trinajstić information content (AvgIpc) is 2.98. The second-order valence-electron chi connectivity index (χ2n) is 7.52. The van der Waals surface area contributed by atoms with Crippen molar-refractivity contribution in [3.05, 3.63) is 48.2 Å². The predicted molar refractivity (Wildman–Crippen MR) is 107 cm³/mol. The number of imide groups is 1. The van der Waals surface area contributed by atoms with Gasteiger partial charge in [0.2, 0.25) is 0 Å². The molecule has 2 aliphatic rings. The minimum atomic E-state index is -0.818. The molecule has 1 aliphatic carbocycles. The van der Waals surface area contributed by atoms with Crippen LogP contribution < -0.4 is 10.1 Å². The van der Waals surface area contributed by atoms with Crippen LogP contribution in [0.25, 0.3) is 11.3 Å². The molecule has 0 unspecified atom stereocenters. The van der Waals surface area contributed by atoms with Gasteiger partial charge in [-0.3, -0.25) is 19.5 Å². The Morgan fingerprint density at radius 3 is 2.59 bits per heavy atom. The predicted octanol–water partition coefficient (Wildman–Crippen LogP) is 3.19. The number of aromatic nitrogens is 1. The van der Waals surface area contributed by atoms with Gasteiger partial charge in [0.1, 0.15) is 11.3 Å². The molecule has 4 rings (SSSR count). The molecule has 3 amide bonds. The van der Waals surface area contributed by atoms with Gasteiger partial charge in [-0.05, 0) is 37.1 Å². The van der Waals surface area contributed by atoms with Crippen LogP contribution in [0.5, 0.6) is 5.75 Å². The number of nitrogens with zero attached hydrogens (tertiary/aromatic N) is 2. The lowest BCUT2D eigenvalue weighted by Crippen LogP contribution is -2.48. The monoisotopic (exact) mass is 393 g/mol. The molecule has 150 valence electrons. The summed E-state index contributed by atoms with van der Waals surface area (Å²) in [6.07, 6.45) is 5.62. The van der Waals surface area contributed by atoms with Crippen molar-refractivity contribution in [1.82, 2.24) is 15.2 Å². The summed E-state index contributed by atoms with van der Waals surface area (Å²) in [4.78, 5) is 43.3. The molecule has 7 nitrogen and oxygen atoms in total. The van der Waals surface area contributed by atoms with Crippen LogP contribution in [-0.2, 0) is 4.79 Å². The zero-order valence-electron chi connectivity index (χ0n) is 16.3.